The summed E-state index contributed by atoms with van der Waals surface area (Å²) in [6, 6.07) is 42.1. The molecule has 27 heteroatoms. The second kappa shape index (κ2) is 64.2. The largest absolute Gasteiger partial charge is 0.490 e. The van der Waals surface area contributed by atoms with Crippen LogP contribution in [0.15, 0.2) is 234 Å². The number of carboxylic acid groups (broad SMARTS) is 1. The number of esters is 9. The highest BCUT2D eigenvalue weighted by Crippen LogP contribution is 2.43. The summed E-state index contributed by atoms with van der Waals surface area (Å²) in [5, 5.41) is 13.1. The molecule has 0 spiro atoms. The smallest absolute Gasteiger partial charge is 0.407 e. The number of terminal acetylenes is 1. The van der Waals surface area contributed by atoms with Crippen molar-refractivity contribution in [1.29, 1.82) is 0 Å². The van der Waals surface area contributed by atoms with Crippen LogP contribution in [0.3, 0.4) is 0 Å². The third kappa shape index (κ3) is 49.6. The first-order valence-electron chi connectivity index (χ1n) is 40.8. The zero-order valence-electron chi connectivity index (χ0n) is 76.4. The van der Waals surface area contributed by atoms with Gasteiger partial charge in [0.15, 0.2) is 0 Å². The summed E-state index contributed by atoms with van der Waals surface area (Å²) in [7, 11) is 0. The molecule has 2 unspecified atom stereocenters. The quantitative estimate of drug-likeness (QED) is 0.0120. The Morgan fingerprint density at radius 1 is 0.434 bits per heavy atom. The summed E-state index contributed by atoms with van der Waals surface area (Å²) < 4.78 is 71.4. The highest BCUT2D eigenvalue weighted by molar-refractivity contribution is 5.88. The van der Waals surface area contributed by atoms with Crippen LogP contribution in [0, 0.1) is 64.6 Å². The number of amides is 1. The van der Waals surface area contributed by atoms with Crippen LogP contribution in [0.1, 0.15) is 149 Å². The SMILES string of the molecule is C#CC#CC#CC#CC.C=C(C)C(=O)OCCOc1ccc(C(C)(C)c2ccc(OCCOC(=O)C(=C)C)cc2)cc1.C=CC(=O)OCC(CC)(COC(=O)C=C)COC(=O)C=C.C=CC(=O)OCCOC(=O)C=C.C=CC(=O)OCCOc1ccccc1.CCOC(=O)C(CC)CC(C)(CC(C)(C)c1cccc(C(C)(C)NC(=O)OCCOc2ccccc2)c1)C(=O)O.[HH].[HH].[HH].[HH].[HH].[HH].[HH].[HH]. The molecule has 5 aromatic rings. The molecule has 708 valence electrons. The number of carbonyl (C=O) groups is 11. The van der Waals surface area contributed by atoms with Crippen LogP contribution in [-0.4, -0.2) is 163 Å². The van der Waals surface area contributed by atoms with Gasteiger partial charge in [-0.15, -0.1) is 6.42 Å². The number of aliphatic carboxylic acids is 1. The van der Waals surface area contributed by atoms with Gasteiger partial charge in [0, 0.05) is 64.4 Å². The Morgan fingerprint density at radius 2 is 0.783 bits per heavy atom. The van der Waals surface area contributed by atoms with Gasteiger partial charge in [0.05, 0.1) is 28.9 Å². The molecule has 5 rings (SSSR count). The maximum atomic E-state index is 12.5. The number of benzene rings is 5. The molecule has 0 saturated heterocycles. The van der Waals surface area contributed by atoms with Crippen molar-refractivity contribution >= 4 is 65.8 Å². The maximum Gasteiger partial charge on any atom is 0.407 e. The molecule has 0 aromatic heterocycles. The van der Waals surface area contributed by atoms with Crippen molar-refractivity contribution in [3.05, 3.63) is 256 Å². The minimum atomic E-state index is -1.15. The monoisotopic (exact) mass is 1790 g/mol. The van der Waals surface area contributed by atoms with Crippen LogP contribution in [0.2, 0.25) is 0 Å². The van der Waals surface area contributed by atoms with E-state index in [0.29, 0.717) is 54.3 Å². The molecule has 2 N–H and O–H groups in total. The normalized spacial score (nSPS) is 10.8. The van der Waals surface area contributed by atoms with Crippen LogP contribution in [-0.2, 0) is 112 Å². The Hall–Kier alpha value is -14.6. The van der Waals surface area contributed by atoms with Gasteiger partial charge in [0.25, 0.3) is 0 Å². The number of nitrogens with one attached hydrogen (secondary N) is 1. The van der Waals surface area contributed by atoms with Gasteiger partial charge in [-0.05, 0) is 186 Å². The molecule has 27 nitrogen and oxygen atoms in total. The topological polar surface area (TPSA) is 349 Å². The van der Waals surface area contributed by atoms with Gasteiger partial charge in [0.2, 0.25) is 0 Å². The lowest BCUT2D eigenvalue weighted by molar-refractivity contribution is -0.157. The molecule has 0 radical (unpaired) electrons. The molecule has 1 amide bonds. The number of alkyl carbamates (subject to hydrolysis) is 1. The summed E-state index contributed by atoms with van der Waals surface area (Å²) in [6.45, 7) is 52.6. The summed E-state index contributed by atoms with van der Waals surface area (Å²) in [4.78, 5) is 125. The van der Waals surface area contributed by atoms with Crippen molar-refractivity contribution in [2.24, 2.45) is 16.7 Å². The molecule has 5 aromatic carbocycles. The Bertz CT molecular complexity index is 4610. The minimum Gasteiger partial charge on any atom is -0.490 e. The molecule has 0 aliphatic carbocycles. The molecular weight excluding hydrogens is 1660 g/mol. The fourth-order valence-electron chi connectivity index (χ4n) is 10.7. The number of hydrogen-bond donors (Lipinski definition) is 2. The lowest BCUT2D eigenvalue weighted by atomic mass is 9.66. The summed E-state index contributed by atoms with van der Waals surface area (Å²) >= 11 is 0. The minimum absolute atomic E-state index is 0. The molecule has 0 aliphatic rings. The Morgan fingerprint density at radius 3 is 1.13 bits per heavy atom. The second-order valence-electron chi connectivity index (χ2n) is 29.4. The molecule has 129 heavy (non-hydrogen) atoms. The van der Waals surface area contributed by atoms with Gasteiger partial charge in [-0.3, -0.25) is 9.59 Å². The van der Waals surface area contributed by atoms with Crippen LogP contribution >= 0.6 is 0 Å². The van der Waals surface area contributed by atoms with E-state index in [2.05, 4.69) is 123 Å². The van der Waals surface area contributed by atoms with Crippen molar-refractivity contribution in [2.45, 2.75) is 132 Å². The highest BCUT2D eigenvalue weighted by atomic mass is 16.6. The lowest BCUT2D eigenvalue weighted by Gasteiger charge is -2.37. The van der Waals surface area contributed by atoms with E-state index in [4.69, 9.17) is 63.3 Å². The first-order chi connectivity index (χ1) is 61.2. The molecule has 0 saturated carbocycles. The number of carbonyl (C=O) groups excluding carboxylic acids is 10. The number of carboxylic acids is 1. The van der Waals surface area contributed by atoms with Crippen LogP contribution in [0.25, 0.3) is 0 Å². The average Bonchev–Trinajstić information content (AvgIpc) is 0.790. The van der Waals surface area contributed by atoms with E-state index >= 15 is 0 Å². The van der Waals surface area contributed by atoms with E-state index < -0.39 is 87.5 Å². The van der Waals surface area contributed by atoms with E-state index in [-0.39, 0.29) is 115 Å². The van der Waals surface area contributed by atoms with Gasteiger partial charge in [-0.2, -0.15) is 0 Å². The van der Waals surface area contributed by atoms with Crippen molar-refractivity contribution in [3.8, 4) is 70.9 Å². The summed E-state index contributed by atoms with van der Waals surface area (Å²) in [5.41, 5.74) is 1.27. The Kier molecular flexibility index (Phi) is 57.0. The van der Waals surface area contributed by atoms with Crippen LogP contribution in [0.5, 0.6) is 23.0 Å². The fourth-order valence-corrected chi connectivity index (χ4v) is 10.7. The number of ether oxygens (including phenoxy) is 14. The third-order valence-electron chi connectivity index (χ3n) is 18.0. The Labute approximate surface area is 771 Å². The summed E-state index contributed by atoms with van der Waals surface area (Å²) in [5.74, 6) is 13.9. The van der Waals surface area contributed by atoms with Crippen molar-refractivity contribution in [2.75, 3.05) is 92.5 Å². The van der Waals surface area contributed by atoms with Crippen molar-refractivity contribution in [1.82, 2.24) is 5.32 Å². The second-order valence-corrected chi connectivity index (χ2v) is 29.4. The van der Waals surface area contributed by atoms with E-state index in [1.807, 2.05) is 168 Å². The van der Waals surface area contributed by atoms with Crippen LogP contribution in [0.4, 0.5) is 4.79 Å². The highest BCUT2D eigenvalue weighted by Gasteiger charge is 2.43. The number of para-hydroxylation sites is 2. The standard InChI is InChI=1S/C32H45NO7.C27H32O6.C15H20O6.C11H12O3.C9H4.C8H10O4.8H2/c1-8-23(27(34)38-9-2)21-32(7,28(35)36)22-30(3,4)24-14-13-15-25(20-24)31(5,6)33-29(37)40-19-18-39-26-16-11-10-12-17-26;1-19(2)25(28)32-17-15-30-23-11-7-21(8-12-23)27(5,6)22-9-13-24(14-10-22)31-16-18-33-26(29)20(3)4;1-5-12(16)19-9-15(8-4,10-20-13(17)6-2)11-21-14(18)7-3;1-2-11(12)14-9-8-13-10-6-4-3-5-7-10;1-3-5-7-9-8-6-4-2;1-3-7(9)11-5-6-12-8(10)4-2;;;;;;;;/h10-17,20,23H,8-9,18-19,21-22H2,1-7H3,(H,33,37)(H,35,36);7-14H,1,3,15-18H2,2,4-6H3;5-7H,1-3,8-11H2,4H3;2-7H,1,8-9H2;1H,2H3;3-4H,1-2,5-6H2;8*1H. The first-order valence-corrected chi connectivity index (χ1v) is 40.8. The van der Waals surface area contributed by atoms with Gasteiger partial charge < -0.3 is 76.7 Å². The first kappa shape index (κ1) is 114. The van der Waals surface area contributed by atoms with Gasteiger partial charge >= 0.3 is 65.8 Å². The Balaban J connectivity index is -0.000000217. The van der Waals surface area contributed by atoms with E-state index in [9.17, 15) is 57.8 Å². The third-order valence-corrected chi connectivity index (χ3v) is 18.0. The number of hydrogen-bond acceptors (Lipinski definition) is 25. The fraction of sp³-hybridized carbons (Fsp3) is 0.363. The van der Waals surface area contributed by atoms with Crippen LogP contribution < -0.4 is 24.3 Å². The predicted molar refractivity (Wildman–Crippen MR) is 508 cm³/mol. The predicted octanol–water partition coefficient (Wildman–Crippen LogP) is 17.9. The molecule has 0 heterocycles. The van der Waals surface area contributed by atoms with E-state index in [1.165, 1.54) is 0 Å². The van der Waals surface area contributed by atoms with E-state index in [0.717, 1.165) is 64.5 Å². The van der Waals surface area contributed by atoms with Gasteiger partial charge in [-0.25, -0.2) is 43.2 Å². The maximum absolute atomic E-state index is 12.5. The molecule has 0 fully saturated rings. The molecule has 2 atom stereocenters. The van der Waals surface area contributed by atoms with Crippen molar-refractivity contribution in [3.63, 3.8) is 0 Å². The zero-order chi connectivity index (χ0) is 97.3. The number of rotatable bonds is 47. The van der Waals surface area contributed by atoms with Gasteiger partial charge in [0.1, 0.15) is 109 Å². The average molecular weight is 1800 g/mol. The van der Waals surface area contributed by atoms with E-state index in [1.54, 1.807) is 41.5 Å². The zero-order valence-corrected chi connectivity index (χ0v) is 76.4. The molecular formula is C102H139NO26. The lowest BCUT2D eigenvalue weighted by Crippen LogP contribution is -2.42. The van der Waals surface area contributed by atoms with Crippen molar-refractivity contribution < 1.29 is 136 Å². The summed E-state index contributed by atoms with van der Waals surface area (Å²) in [6.07, 6.45) is 12.0. The molecule has 0 aliphatic heterocycles. The van der Waals surface area contributed by atoms with Gasteiger partial charge in [-0.1, -0.05) is 185 Å². The molecule has 0 bridgehead atoms.